The quantitative estimate of drug-likeness (QED) is 0.851. The van der Waals surface area contributed by atoms with E-state index >= 15 is 0 Å². The molecule has 0 fully saturated rings. The van der Waals surface area contributed by atoms with Crippen molar-refractivity contribution in [1.29, 1.82) is 0 Å². The van der Waals surface area contributed by atoms with Crippen molar-refractivity contribution in [3.63, 3.8) is 0 Å². The van der Waals surface area contributed by atoms with Gasteiger partial charge in [0.05, 0.1) is 10.2 Å². The smallest absolute Gasteiger partial charge is 0.218 e. The maximum absolute atomic E-state index is 10.8. The minimum atomic E-state index is -0.263. The first-order valence-electron chi connectivity index (χ1n) is 4.95. The fourth-order valence-electron chi connectivity index (χ4n) is 1.40. The van der Waals surface area contributed by atoms with E-state index in [1.54, 1.807) is 23.1 Å². The summed E-state index contributed by atoms with van der Waals surface area (Å²) in [6.45, 7) is 1.99. The number of carbonyl (C=O) groups excluding carboxylic acids is 1. The molecule has 0 radical (unpaired) electrons. The number of benzene rings is 1. The van der Waals surface area contributed by atoms with Gasteiger partial charge in [-0.1, -0.05) is 30.8 Å². The van der Waals surface area contributed by atoms with Crippen LogP contribution in [0.3, 0.4) is 0 Å². The number of carbonyl (C=O) groups is 1. The van der Waals surface area contributed by atoms with Crippen LogP contribution in [0, 0.1) is 0 Å². The van der Waals surface area contributed by atoms with Gasteiger partial charge in [-0.15, -0.1) is 11.3 Å². The van der Waals surface area contributed by atoms with Crippen LogP contribution in [0.5, 0.6) is 0 Å². The van der Waals surface area contributed by atoms with Gasteiger partial charge in [0.15, 0.2) is 4.34 Å². The van der Waals surface area contributed by atoms with Gasteiger partial charge >= 0.3 is 0 Å². The Morgan fingerprint density at radius 1 is 1.56 bits per heavy atom. The number of nitrogens with zero attached hydrogens (tertiary/aromatic N) is 1. The van der Waals surface area contributed by atoms with Gasteiger partial charge in [-0.05, 0) is 12.1 Å². The van der Waals surface area contributed by atoms with Crippen molar-refractivity contribution in [3.8, 4) is 0 Å². The molecule has 2 rings (SSSR count). The average Bonchev–Trinajstić information content (AvgIpc) is 2.57. The summed E-state index contributed by atoms with van der Waals surface area (Å²) >= 11 is 3.26. The monoisotopic (exact) mass is 252 g/mol. The molecular formula is C11H12N2OS2. The molecule has 0 bridgehead atoms. The minimum absolute atomic E-state index is 0.179. The molecule has 3 nitrogen and oxygen atoms in total. The Labute approximate surface area is 102 Å². The summed E-state index contributed by atoms with van der Waals surface area (Å²) in [4.78, 5) is 15.3. The molecule has 2 aromatic rings. The summed E-state index contributed by atoms with van der Waals surface area (Å²) in [7, 11) is 0. The van der Waals surface area contributed by atoms with Crippen LogP contribution >= 0.6 is 23.1 Å². The largest absolute Gasteiger partial charge is 0.370 e. The van der Waals surface area contributed by atoms with E-state index in [1.165, 1.54) is 4.70 Å². The Kier molecular flexibility index (Phi) is 3.46. The lowest BCUT2D eigenvalue weighted by Crippen LogP contribution is -2.15. The van der Waals surface area contributed by atoms with E-state index in [4.69, 9.17) is 5.73 Å². The van der Waals surface area contributed by atoms with Gasteiger partial charge in [0.2, 0.25) is 5.91 Å². The van der Waals surface area contributed by atoms with Crippen molar-refractivity contribution in [2.75, 3.05) is 0 Å². The zero-order valence-corrected chi connectivity index (χ0v) is 10.5. The van der Waals surface area contributed by atoms with Gasteiger partial charge in [0.1, 0.15) is 0 Å². The molecule has 84 valence electrons. The van der Waals surface area contributed by atoms with Crippen LogP contribution in [-0.2, 0) is 4.79 Å². The number of primary amides is 1. The van der Waals surface area contributed by atoms with E-state index < -0.39 is 0 Å². The molecular weight excluding hydrogens is 240 g/mol. The van der Waals surface area contributed by atoms with Gasteiger partial charge < -0.3 is 5.73 Å². The van der Waals surface area contributed by atoms with Crippen molar-refractivity contribution >= 4 is 39.2 Å². The fraction of sp³-hybridized carbons (Fsp3) is 0.273. The first-order chi connectivity index (χ1) is 7.65. The molecule has 16 heavy (non-hydrogen) atoms. The first-order valence-corrected chi connectivity index (χ1v) is 6.65. The molecule has 0 saturated carbocycles. The third kappa shape index (κ3) is 2.74. The van der Waals surface area contributed by atoms with Gasteiger partial charge in [-0.3, -0.25) is 4.79 Å². The number of aromatic nitrogens is 1. The van der Waals surface area contributed by atoms with Crippen LogP contribution < -0.4 is 5.73 Å². The predicted molar refractivity (Wildman–Crippen MR) is 68.8 cm³/mol. The van der Waals surface area contributed by atoms with E-state index in [9.17, 15) is 4.79 Å². The zero-order valence-electron chi connectivity index (χ0n) is 8.84. The summed E-state index contributed by atoms with van der Waals surface area (Å²) in [5.41, 5.74) is 6.17. The second-order valence-electron chi connectivity index (χ2n) is 3.55. The standard InChI is InChI=1S/C11H12N2OS2/c1-7(6-10(12)14)15-11-13-8-4-2-3-5-9(8)16-11/h2-5,7H,6H2,1H3,(H2,12,14). The summed E-state index contributed by atoms with van der Waals surface area (Å²) in [5.74, 6) is -0.263. The normalized spacial score (nSPS) is 12.8. The second kappa shape index (κ2) is 4.84. The molecule has 1 aromatic carbocycles. The predicted octanol–water partition coefficient (Wildman–Crippen LogP) is 2.65. The van der Waals surface area contributed by atoms with Crippen LogP contribution in [0.1, 0.15) is 13.3 Å². The topological polar surface area (TPSA) is 56.0 Å². The lowest BCUT2D eigenvalue weighted by molar-refractivity contribution is -0.117. The number of hydrogen-bond acceptors (Lipinski definition) is 4. The summed E-state index contributed by atoms with van der Waals surface area (Å²) < 4.78 is 2.17. The van der Waals surface area contributed by atoms with E-state index in [1.807, 2.05) is 25.1 Å². The van der Waals surface area contributed by atoms with Gasteiger partial charge in [-0.25, -0.2) is 4.98 Å². The molecule has 0 saturated heterocycles. The average molecular weight is 252 g/mol. The maximum atomic E-state index is 10.8. The third-order valence-corrected chi connectivity index (χ3v) is 4.30. The Morgan fingerprint density at radius 2 is 2.31 bits per heavy atom. The van der Waals surface area contributed by atoms with Crippen molar-refractivity contribution in [2.45, 2.75) is 22.9 Å². The fourth-order valence-corrected chi connectivity index (χ4v) is 3.79. The summed E-state index contributed by atoms with van der Waals surface area (Å²) in [5, 5.41) is 0.179. The molecule has 2 N–H and O–H groups in total. The van der Waals surface area contributed by atoms with Gasteiger partial charge in [0, 0.05) is 11.7 Å². The van der Waals surface area contributed by atoms with Gasteiger partial charge in [0.25, 0.3) is 0 Å². The molecule has 1 unspecified atom stereocenters. The highest BCUT2D eigenvalue weighted by atomic mass is 32.2. The summed E-state index contributed by atoms with van der Waals surface area (Å²) in [6.07, 6.45) is 0.389. The lowest BCUT2D eigenvalue weighted by Gasteiger charge is -2.04. The molecule has 1 atom stereocenters. The van der Waals surface area contributed by atoms with Crippen LogP contribution in [-0.4, -0.2) is 16.1 Å². The van der Waals surface area contributed by atoms with Gasteiger partial charge in [-0.2, -0.15) is 0 Å². The van der Waals surface area contributed by atoms with E-state index in [0.29, 0.717) is 6.42 Å². The number of amides is 1. The Balaban J connectivity index is 2.12. The molecule has 1 amide bonds. The Bertz CT molecular complexity index is 476. The SMILES string of the molecule is CC(CC(N)=O)Sc1nc2ccccc2s1. The Morgan fingerprint density at radius 3 is 3.00 bits per heavy atom. The second-order valence-corrected chi connectivity index (χ2v) is 6.26. The Hall–Kier alpha value is -1.07. The zero-order chi connectivity index (χ0) is 11.5. The highest BCUT2D eigenvalue weighted by Crippen LogP contribution is 2.32. The van der Waals surface area contributed by atoms with Crippen LogP contribution in [0.4, 0.5) is 0 Å². The van der Waals surface area contributed by atoms with Crippen molar-refractivity contribution < 1.29 is 4.79 Å². The lowest BCUT2D eigenvalue weighted by atomic mass is 10.3. The molecule has 0 aliphatic rings. The maximum Gasteiger partial charge on any atom is 0.218 e. The highest BCUT2D eigenvalue weighted by Gasteiger charge is 2.11. The van der Waals surface area contributed by atoms with E-state index in [2.05, 4.69) is 11.1 Å². The number of para-hydroxylation sites is 1. The number of fused-ring (bicyclic) bond motifs is 1. The molecule has 0 aliphatic heterocycles. The van der Waals surface area contributed by atoms with E-state index in [-0.39, 0.29) is 11.2 Å². The third-order valence-electron chi connectivity index (χ3n) is 2.06. The molecule has 0 aliphatic carbocycles. The van der Waals surface area contributed by atoms with Crippen molar-refractivity contribution in [3.05, 3.63) is 24.3 Å². The highest BCUT2D eigenvalue weighted by molar-refractivity contribution is 8.01. The summed E-state index contributed by atoms with van der Waals surface area (Å²) in [6, 6.07) is 8.02. The number of nitrogens with two attached hydrogens (primary N) is 1. The number of hydrogen-bond donors (Lipinski definition) is 1. The van der Waals surface area contributed by atoms with Crippen LogP contribution in [0.2, 0.25) is 0 Å². The molecule has 1 aromatic heterocycles. The molecule has 1 heterocycles. The van der Waals surface area contributed by atoms with Crippen LogP contribution in [0.15, 0.2) is 28.6 Å². The van der Waals surface area contributed by atoms with Crippen molar-refractivity contribution in [2.24, 2.45) is 5.73 Å². The first kappa shape index (κ1) is 11.4. The van der Waals surface area contributed by atoms with E-state index in [0.717, 1.165) is 9.86 Å². The minimum Gasteiger partial charge on any atom is -0.370 e. The van der Waals surface area contributed by atoms with Crippen molar-refractivity contribution in [1.82, 2.24) is 4.98 Å². The van der Waals surface area contributed by atoms with Crippen LogP contribution in [0.25, 0.3) is 10.2 Å². The number of thioether (sulfide) groups is 1. The molecule has 5 heteroatoms. The number of thiazole rings is 1. The molecule has 0 spiro atoms. The number of rotatable bonds is 4.